The van der Waals surface area contributed by atoms with Crippen LogP contribution >= 0.6 is 0 Å². The molecule has 0 aliphatic carbocycles. The van der Waals surface area contributed by atoms with Crippen molar-refractivity contribution in [1.29, 1.82) is 0 Å². The molecule has 0 spiro atoms. The standard InChI is InChI=1S/C23H31N3O/c27-23(13-15-24-14-7-12-21-8-3-1-4-9-21)26-18-16-25(17-19-26)20-22-10-5-2-6-11-22/h1-6,8-11,24H,7,12-20H2. The molecule has 4 nitrogen and oxygen atoms in total. The van der Waals surface area contributed by atoms with E-state index in [-0.39, 0.29) is 5.91 Å². The van der Waals surface area contributed by atoms with Gasteiger partial charge in [-0.25, -0.2) is 0 Å². The molecule has 1 N–H and O–H groups in total. The van der Waals surface area contributed by atoms with Gasteiger partial charge in [0.05, 0.1) is 0 Å². The topological polar surface area (TPSA) is 35.6 Å². The van der Waals surface area contributed by atoms with Crippen LogP contribution in [0.15, 0.2) is 60.7 Å². The molecule has 144 valence electrons. The minimum absolute atomic E-state index is 0.282. The molecule has 2 aromatic carbocycles. The average Bonchev–Trinajstić information content (AvgIpc) is 2.72. The molecule has 0 saturated carbocycles. The number of nitrogens with one attached hydrogen (secondary N) is 1. The van der Waals surface area contributed by atoms with E-state index in [2.05, 4.69) is 70.9 Å². The zero-order valence-corrected chi connectivity index (χ0v) is 16.1. The Balaban J connectivity index is 1.25. The summed E-state index contributed by atoms with van der Waals surface area (Å²) in [5.74, 6) is 0.282. The van der Waals surface area contributed by atoms with Crippen LogP contribution in [0.1, 0.15) is 24.0 Å². The quantitative estimate of drug-likeness (QED) is 0.694. The molecule has 1 heterocycles. The molecule has 0 radical (unpaired) electrons. The van der Waals surface area contributed by atoms with Crippen LogP contribution in [0.25, 0.3) is 0 Å². The molecule has 0 aromatic heterocycles. The minimum atomic E-state index is 0.282. The van der Waals surface area contributed by atoms with Crippen molar-refractivity contribution in [2.24, 2.45) is 0 Å². The first-order valence-corrected chi connectivity index (χ1v) is 10.1. The van der Waals surface area contributed by atoms with E-state index in [9.17, 15) is 4.79 Å². The van der Waals surface area contributed by atoms with Gasteiger partial charge in [-0.3, -0.25) is 9.69 Å². The van der Waals surface area contributed by atoms with Gasteiger partial charge < -0.3 is 10.2 Å². The summed E-state index contributed by atoms with van der Waals surface area (Å²) in [6, 6.07) is 21.1. The van der Waals surface area contributed by atoms with Crippen LogP contribution in [0.2, 0.25) is 0 Å². The lowest BCUT2D eigenvalue weighted by molar-refractivity contribution is -0.132. The Bertz CT molecular complexity index is 667. The number of hydrogen-bond donors (Lipinski definition) is 1. The Labute approximate surface area is 163 Å². The molecule has 4 heteroatoms. The Morgan fingerprint density at radius 2 is 1.44 bits per heavy atom. The summed E-state index contributed by atoms with van der Waals surface area (Å²) in [6.45, 7) is 6.34. The van der Waals surface area contributed by atoms with Crippen molar-refractivity contribution in [2.45, 2.75) is 25.8 Å². The fraction of sp³-hybridized carbons (Fsp3) is 0.435. The molecule has 1 saturated heterocycles. The number of carbonyl (C=O) groups is 1. The Morgan fingerprint density at radius 3 is 2.11 bits per heavy atom. The van der Waals surface area contributed by atoms with Crippen LogP contribution in [0.5, 0.6) is 0 Å². The highest BCUT2D eigenvalue weighted by Gasteiger charge is 2.20. The normalized spacial score (nSPS) is 15.0. The fourth-order valence-electron chi connectivity index (χ4n) is 3.54. The molecule has 27 heavy (non-hydrogen) atoms. The van der Waals surface area contributed by atoms with Gasteiger partial charge in [0, 0.05) is 45.7 Å². The van der Waals surface area contributed by atoms with Gasteiger partial charge in [0.2, 0.25) is 5.91 Å². The first kappa shape index (κ1) is 19.6. The van der Waals surface area contributed by atoms with Gasteiger partial charge >= 0.3 is 0 Å². The van der Waals surface area contributed by atoms with Crippen molar-refractivity contribution in [1.82, 2.24) is 15.1 Å². The summed E-state index contributed by atoms with van der Waals surface area (Å²) in [6.07, 6.45) is 2.80. The Hall–Kier alpha value is -2.17. The van der Waals surface area contributed by atoms with E-state index in [1.807, 2.05) is 4.90 Å². The van der Waals surface area contributed by atoms with Gasteiger partial charge in [-0.1, -0.05) is 60.7 Å². The second kappa shape index (κ2) is 10.9. The predicted octanol–water partition coefficient (Wildman–Crippen LogP) is 2.94. The number of carbonyl (C=O) groups excluding carboxylic acids is 1. The highest BCUT2D eigenvalue weighted by Crippen LogP contribution is 2.09. The molecule has 1 amide bonds. The third-order valence-corrected chi connectivity index (χ3v) is 5.15. The number of nitrogens with zero attached hydrogens (tertiary/aromatic N) is 2. The summed E-state index contributed by atoms with van der Waals surface area (Å²) in [4.78, 5) is 16.8. The Kier molecular flexibility index (Phi) is 7.87. The number of amides is 1. The molecule has 1 fully saturated rings. The number of hydrogen-bond acceptors (Lipinski definition) is 3. The molecule has 3 rings (SSSR count). The molecule has 1 aliphatic heterocycles. The second-order valence-corrected chi connectivity index (χ2v) is 7.23. The van der Waals surface area contributed by atoms with Gasteiger partial charge in [0.1, 0.15) is 0 Å². The van der Waals surface area contributed by atoms with Crippen molar-refractivity contribution in [3.8, 4) is 0 Å². The Morgan fingerprint density at radius 1 is 0.815 bits per heavy atom. The van der Waals surface area contributed by atoms with Crippen LogP contribution < -0.4 is 5.32 Å². The van der Waals surface area contributed by atoms with E-state index >= 15 is 0 Å². The highest BCUT2D eigenvalue weighted by atomic mass is 16.2. The van der Waals surface area contributed by atoms with Gasteiger partial charge in [-0.2, -0.15) is 0 Å². The van der Waals surface area contributed by atoms with Gasteiger partial charge in [-0.05, 0) is 30.5 Å². The highest BCUT2D eigenvalue weighted by molar-refractivity contribution is 5.76. The van der Waals surface area contributed by atoms with Crippen LogP contribution in [0.3, 0.4) is 0 Å². The maximum Gasteiger partial charge on any atom is 0.223 e. The summed E-state index contributed by atoms with van der Waals surface area (Å²) < 4.78 is 0. The third kappa shape index (κ3) is 6.81. The van der Waals surface area contributed by atoms with Crippen LogP contribution in [0, 0.1) is 0 Å². The van der Waals surface area contributed by atoms with Crippen molar-refractivity contribution in [3.63, 3.8) is 0 Å². The predicted molar refractivity (Wildman–Crippen MR) is 111 cm³/mol. The number of rotatable bonds is 9. The maximum atomic E-state index is 12.4. The zero-order valence-electron chi connectivity index (χ0n) is 16.1. The molecule has 0 atom stereocenters. The first-order valence-electron chi connectivity index (χ1n) is 10.1. The van der Waals surface area contributed by atoms with Crippen molar-refractivity contribution in [3.05, 3.63) is 71.8 Å². The van der Waals surface area contributed by atoms with Crippen LogP contribution in [-0.4, -0.2) is 55.0 Å². The van der Waals surface area contributed by atoms with Gasteiger partial charge in [-0.15, -0.1) is 0 Å². The third-order valence-electron chi connectivity index (χ3n) is 5.15. The lowest BCUT2D eigenvalue weighted by atomic mass is 10.1. The monoisotopic (exact) mass is 365 g/mol. The van der Waals surface area contributed by atoms with Gasteiger partial charge in [0.15, 0.2) is 0 Å². The maximum absolute atomic E-state index is 12.4. The molecular formula is C23H31N3O. The lowest BCUT2D eigenvalue weighted by Gasteiger charge is -2.34. The van der Waals surface area contributed by atoms with Gasteiger partial charge in [0.25, 0.3) is 0 Å². The number of benzene rings is 2. The number of aryl methyl sites for hydroxylation is 1. The SMILES string of the molecule is O=C(CCNCCCc1ccccc1)N1CCN(Cc2ccccc2)CC1. The van der Waals surface area contributed by atoms with E-state index in [0.29, 0.717) is 6.42 Å². The fourth-order valence-corrected chi connectivity index (χ4v) is 3.54. The summed E-state index contributed by atoms with van der Waals surface area (Å²) in [5.41, 5.74) is 2.72. The van der Waals surface area contributed by atoms with Crippen molar-refractivity contribution in [2.75, 3.05) is 39.3 Å². The smallest absolute Gasteiger partial charge is 0.223 e. The summed E-state index contributed by atoms with van der Waals surface area (Å²) in [5, 5.41) is 3.41. The van der Waals surface area contributed by atoms with E-state index in [4.69, 9.17) is 0 Å². The van der Waals surface area contributed by atoms with Crippen LogP contribution in [-0.2, 0) is 17.8 Å². The van der Waals surface area contributed by atoms with E-state index in [1.54, 1.807) is 0 Å². The average molecular weight is 366 g/mol. The lowest BCUT2D eigenvalue weighted by Crippen LogP contribution is -2.48. The zero-order chi connectivity index (χ0) is 18.7. The largest absolute Gasteiger partial charge is 0.340 e. The first-order chi connectivity index (χ1) is 13.3. The molecule has 2 aromatic rings. The molecule has 0 unspecified atom stereocenters. The molecule has 0 bridgehead atoms. The van der Waals surface area contributed by atoms with Crippen molar-refractivity contribution >= 4 is 5.91 Å². The minimum Gasteiger partial charge on any atom is -0.340 e. The van der Waals surface area contributed by atoms with Crippen LogP contribution in [0.4, 0.5) is 0 Å². The van der Waals surface area contributed by atoms with E-state index in [1.165, 1.54) is 11.1 Å². The van der Waals surface area contributed by atoms with E-state index < -0.39 is 0 Å². The molecular weight excluding hydrogens is 334 g/mol. The van der Waals surface area contributed by atoms with E-state index in [0.717, 1.165) is 58.7 Å². The summed E-state index contributed by atoms with van der Waals surface area (Å²) in [7, 11) is 0. The number of piperazine rings is 1. The second-order valence-electron chi connectivity index (χ2n) is 7.23. The molecule has 1 aliphatic rings. The van der Waals surface area contributed by atoms with Crippen molar-refractivity contribution < 1.29 is 4.79 Å². The summed E-state index contributed by atoms with van der Waals surface area (Å²) >= 11 is 0.